The number of amides is 1. The third-order valence-electron chi connectivity index (χ3n) is 4.51. The molecule has 0 bridgehead atoms. The van der Waals surface area contributed by atoms with E-state index in [1.807, 2.05) is 36.4 Å². The summed E-state index contributed by atoms with van der Waals surface area (Å²) in [5.74, 6) is 6.54. The van der Waals surface area contributed by atoms with Gasteiger partial charge in [0.15, 0.2) is 0 Å². The summed E-state index contributed by atoms with van der Waals surface area (Å²) in [7, 11) is 3.43. The van der Waals surface area contributed by atoms with Crippen LogP contribution in [-0.2, 0) is 0 Å². The normalized spacial score (nSPS) is 10.3. The molecule has 0 spiro atoms. The van der Waals surface area contributed by atoms with Crippen molar-refractivity contribution in [3.05, 3.63) is 72.1 Å². The van der Waals surface area contributed by atoms with Gasteiger partial charge in [-0.3, -0.25) is 9.78 Å². The summed E-state index contributed by atoms with van der Waals surface area (Å²) in [6, 6.07) is 14.9. The zero-order chi connectivity index (χ0) is 21.8. The van der Waals surface area contributed by atoms with Gasteiger partial charge in [0.1, 0.15) is 5.69 Å². The van der Waals surface area contributed by atoms with Gasteiger partial charge in [-0.25, -0.2) is 4.98 Å². The van der Waals surface area contributed by atoms with Crippen molar-refractivity contribution < 1.29 is 9.21 Å². The van der Waals surface area contributed by atoms with Crippen LogP contribution in [0.15, 0.2) is 65.3 Å². The topological polar surface area (TPSA) is 85.0 Å². The Hall–Kier alpha value is -4.31. The Balaban J connectivity index is 1.72. The van der Waals surface area contributed by atoms with Gasteiger partial charge in [-0.05, 0) is 31.2 Å². The number of nitrogens with zero attached hydrogens (tertiary/aromatic N) is 5. The van der Waals surface area contributed by atoms with Crippen LogP contribution in [0.4, 0.5) is 0 Å². The van der Waals surface area contributed by atoms with Crippen LogP contribution >= 0.6 is 0 Å². The van der Waals surface area contributed by atoms with Gasteiger partial charge in [0.05, 0.1) is 18.1 Å². The van der Waals surface area contributed by atoms with Crippen molar-refractivity contribution in [2.45, 2.75) is 6.92 Å². The highest BCUT2D eigenvalue weighted by Crippen LogP contribution is 2.26. The Morgan fingerprint density at radius 3 is 2.45 bits per heavy atom. The molecule has 0 radical (unpaired) electrons. The first-order valence-electron chi connectivity index (χ1n) is 9.57. The maximum atomic E-state index is 12.3. The Morgan fingerprint density at radius 1 is 0.968 bits per heavy atom. The minimum atomic E-state index is -0.0927. The van der Waals surface area contributed by atoms with Gasteiger partial charge in [0, 0.05) is 36.3 Å². The van der Waals surface area contributed by atoms with Crippen LogP contribution in [0.3, 0.4) is 0 Å². The van der Waals surface area contributed by atoms with Crippen molar-refractivity contribution in [3.63, 3.8) is 0 Å². The fraction of sp³-hybridized carbons (Fsp3) is 0.125. The zero-order valence-corrected chi connectivity index (χ0v) is 17.3. The first-order valence-corrected chi connectivity index (χ1v) is 9.57. The Bertz CT molecular complexity index is 1300. The summed E-state index contributed by atoms with van der Waals surface area (Å²) < 4.78 is 5.80. The second-order valence-corrected chi connectivity index (χ2v) is 6.90. The summed E-state index contributed by atoms with van der Waals surface area (Å²) in [5.41, 5.74) is 3.89. The summed E-state index contributed by atoms with van der Waals surface area (Å²) in [6.07, 6.45) is 3.21. The van der Waals surface area contributed by atoms with E-state index in [-0.39, 0.29) is 11.8 Å². The molecule has 2 heterocycles. The van der Waals surface area contributed by atoms with Crippen molar-refractivity contribution in [1.82, 2.24) is 25.1 Å². The van der Waals surface area contributed by atoms with Gasteiger partial charge in [0.2, 0.25) is 5.89 Å². The summed E-state index contributed by atoms with van der Waals surface area (Å²) in [5, 5.41) is 8.23. The van der Waals surface area contributed by atoms with Gasteiger partial charge in [-0.2, -0.15) is 0 Å². The molecule has 0 aliphatic carbocycles. The summed E-state index contributed by atoms with van der Waals surface area (Å²) >= 11 is 0. The largest absolute Gasteiger partial charge is 0.415 e. The molecule has 152 valence electrons. The second kappa shape index (κ2) is 8.59. The predicted octanol–water partition coefficient (Wildman–Crippen LogP) is 3.93. The standard InChI is InChI=1S/C24H19N5O2/c1-4-8-17-13-18(24(30)29(2)3)11-12-19(17)20-14-25-15-21(26-20)23-28-27-22(31-23)16-9-6-5-7-10-16/h5-7,9-15H,1-3H3. The zero-order valence-electron chi connectivity index (χ0n) is 17.3. The molecule has 4 rings (SSSR count). The molecular weight excluding hydrogens is 390 g/mol. The van der Waals surface area contributed by atoms with E-state index in [0.29, 0.717) is 28.4 Å². The fourth-order valence-corrected chi connectivity index (χ4v) is 3.02. The van der Waals surface area contributed by atoms with E-state index in [4.69, 9.17) is 4.42 Å². The van der Waals surface area contributed by atoms with Crippen molar-refractivity contribution in [3.8, 4) is 46.1 Å². The lowest BCUT2D eigenvalue weighted by Gasteiger charge is -2.12. The molecule has 0 saturated heterocycles. The van der Waals surface area contributed by atoms with Crippen molar-refractivity contribution in [2.24, 2.45) is 0 Å². The average molecular weight is 409 g/mol. The number of hydrogen-bond donors (Lipinski definition) is 0. The third-order valence-corrected chi connectivity index (χ3v) is 4.51. The minimum absolute atomic E-state index is 0.0927. The maximum Gasteiger partial charge on any atom is 0.268 e. The van der Waals surface area contributed by atoms with Crippen LogP contribution in [0, 0.1) is 11.8 Å². The van der Waals surface area contributed by atoms with E-state index in [1.54, 1.807) is 45.5 Å². The lowest BCUT2D eigenvalue weighted by Crippen LogP contribution is -2.21. The third kappa shape index (κ3) is 4.19. The number of rotatable bonds is 4. The molecule has 4 aromatic rings. The molecule has 0 N–H and O–H groups in total. The predicted molar refractivity (Wildman–Crippen MR) is 117 cm³/mol. The number of benzene rings is 2. The highest BCUT2D eigenvalue weighted by Gasteiger charge is 2.16. The molecular formula is C24H19N5O2. The first-order chi connectivity index (χ1) is 15.1. The molecule has 0 aliphatic rings. The van der Waals surface area contributed by atoms with Crippen LogP contribution < -0.4 is 0 Å². The second-order valence-electron chi connectivity index (χ2n) is 6.90. The van der Waals surface area contributed by atoms with Gasteiger partial charge in [-0.15, -0.1) is 16.1 Å². The summed E-state index contributed by atoms with van der Waals surface area (Å²) in [4.78, 5) is 22.8. The van der Waals surface area contributed by atoms with Crippen LogP contribution in [0.2, 0.25) is 0 Å². The van der Waals surface area contributed by atoms with E-state index in [9.17, 15) is 4.79 Å². The van der Waals surface area contributed by atoms with E-state index in [1.165, 1.54) is 4.90 Å². The Labute approximate surface area is 179 Å². The molecule has 0 atom stereocenters. The van der Waals surface area contributed by atoms with Crippen LogP contribution in [0.1, 0.15) is 22.8 Å². The Morgan fingerprint density at radius 2 is 1.71 bits per heavy atom. The Kier molecular flexibility index (Phi) is 5.54. The molecule has 0 saturated carbocycles. The minimum Gasteiger partial charge on any atom is -0.415 e. The van der Waals surface area contributed by atoms with E-state index >= 15 is 0 Å². The molecule has 7 heteroatoms. The highest BCUT2D eigenvalue weighted by atomic mass is 16.4. The van der Waals surface area contributed by atoms with Crippen molar-refractivity contribution in [1.29, 1.82) is 0 Å². The van der Waals surface area contributed by atoms with Gasteiger partial charge in [0.25, 0.3) is 11.8 Å². The molecule has 0 unspecified atom stereocenters. The highest BCUT2D eigenvalue weighted by molar-refractivity contribution is 5.95. The fourth-order valence-electron chi connectivity index (χ4n) is 3.02. The van der Waals surface area contributed by atoms with Crippen molar-refractivity contribution >= 4 is 5.91 Å². The molecule has 1 amide bonds. The number of hydrogen-bond acceptors (Lipinski definition) is 6. The molecule has 2 aromatic heterocycles. The summed E-state index contributed by atoms with van der Waals surface area (Å²) in [6.45, 7) is 1.75. The smallest absolute Gasteiger partial charge is 0.268 e. The first kappa shape index (κ1) is 20.0. The monoisotopic (exact) mass is 409 g/mol. The lowest BCUT2D eigenvalue weighted by molar-refractivity contribution is 0.0827. The van der Waals surface area contributed by atoms with E-state index in [2.05, 4.69) is 32.0 Å². The van der Waals surface area contributed by atoms with Crippen LogP contribution in [0.25, 0.3) is 34.3 Å². The number of carbonyl (C=O) groups is 1. The van der Waals surface area contributed by atoms with Crippen molar-refractivity contribution in [2.75, 3.05) is 14.1 Å². The van der Waals surface area contributed by atoms with E-state index in [0.717, 1.165) is 11.1 Å². The quantitative estimate of drug-likeness (QED) is 0.475. The number of aromatic nitrogens is 4. The average Bonchev–Trinajstić information content (AvgIpc) is 3.30. The van der Waals surface area contributed by atoms with E-state index < -0.39 is 0 Å². The maximum absolute atomic E-state index is 12.3. The molecule has 0 aliphatic heterocycles. The number of carbonyl (C=O) groups excluding carboxylic acids is 1. The van der Waals surface area contributed by atoms with Gasteiger partial charge < -0.3 is 9.32 Å². The lowest BCUT2D eigenvalue weighted by atomic mass is 10.0. The molecule has 0 fully saturated rings. The molecule has 31 heavy (non-hydrogen) atoms. The molecule has 7 nitrogen and oxygen atoms in total. The molecule has 2 aromatic carbocycles. The van der Waals surface area contributed by atoms with Crippen LogP contribution in [0.5, 0.6) is 0 Å². The SMILES string of the molecule is CC#Cc1cc(C(=O)N(C)C)ccc1-c1cncc(-c2nnc(-c3ccccc3)o2)n1. The van der Waals surface area contributed by atoms with Crippen LogP contribution in [-0.4, -0.2) is 45.1 Å². The van der Waals surface area contributed by atoms with Gasteiger partial charge in [-0.1, -0.05) is 30.2 Å². The van der Waals surface area contributed by atoms with Gasteiger partial charge >= 0.3 is 0 Å².